The van der Waals surface area contributed by atoms with Crippen molar-refractivity contribution in [3.05, 3.63) is 70.8 Å². The molecule has 4 rings (SSSR count). The number of esters is 1. The Balaban J connectivity index is 1.70. The van der Waals surface area contributed by atoms with Crippen molar-refractivity contribution in [3.63, 3.8) is 0 Å². The zero-order valence-corrected chi connectivity index (χ0v) is 22.9. The van der Waals surface area contributed by atoms with Crippen LogP contribution in [0.5, 0.6) is 0 Å². The van der Waals surface area contributed by atoms with Crippen LogP contribution in [-0.4, -0.2) is 46.9 Å². The van der Waals surface area contributed by atoms with Gasteiger partial charge >= 0.3 is 12.1 Å². The second-order valence-electron chi connectivity index (χ2n) is 11.9. The van der Waals surface area contributed by atoms with Crippen LogP contribution in [0.25, 0.3) is 0 Å². The minimum absolute atomic E-state index is 0.0212. The van der Waals surface area contributed by atoms with Crippen molar-refractivity contribution in [2.45, 2.75) is 70.8 Å². The van der Waals surface area contributed by atoms with Gasteiger partial charge in [0.1, 0.15) is 17.0 Å². The smallest absolute Gasteiger partial charge is 0.416 e. The molecule has 2 aromatic rings. The molecule has 1 heterocycles. The SMILES string of the molecule is COC(=O)c1ccc(C(C)(O)CN2C(=O)C(c3cccc(C(F)(F)F)c3)=NC23CCC(C(C)(C)C)CC3)cc1. The molecule has 210 valence electrons. The molecular weight excluding hydrogens is 509 g/mol. The quantitative estimate of drug-likeness (QED) is 0.471. The van der Waals surface area contributed by atoms with Crippen molar-refractivity contribution in [1.82, 2.24) is 4.90 Å². The summed E-state index contributed by atoms with van der Waals surface area (Å²) in [6, 6.07) is 10.9. The lowest BCUT2D eigenvalue weighted by atomic mass is 9.69. The van der Waals surface area contributed by atoms with Crippen LogP contribution in [0.3, 0.4) is 0 Å². The Kier molecular flexibility index (Phi) is 7.44. The fraction of sp³-hybridized carbons (Fsp3) is 0.500. The molecule has 0 saturated heterocycles. The summed E-state index contributed by atoms with van der Waals surface area (Å²) in [7, 11) is 1.28. The van der Waals surface area contributed by atoms with Crippen LogP contribution >= 0.6 is 0 Å². The van der Waals surface area contributed by atoms with Crippen LogP contribution in [0.1, 0.15) is 80.4 Å². The summed E-state index contributed by atoms with van der Waals surface area (Å²) in [4.78, 5) is 32.0. The lowest BCUT2D eigenvalue weighted by molar-refractivity contribution is -0.138. The standard InChI is InChI=1S/C30H35F3N2O4/c1-27(2,3)21-13-15-29(16-14-21)34-24(20-7-6-8-23(17-20)30(31,32)33)25(36)35(29)18-28(4,38)22-11-9-19(10-12-22)26(37)39-5/h6-12,17,21,38H,13-16,18H2,1-5H3. The third-order valence-corrected chi connectivity index (χ3v) is 8.14. The normalized spacial score (nSPS) is 23.5. The first-order valence-electron chi connectivity index (χ1n) is 13.1. The van der Waals surface area contributed by atoms with Gasteiger partial charge in [0.25, 0.3) is 5.91 Å². The van der Waals surface area contributed by atoms with E-state index in [1.54, 1.807) is 19.1 Å². The lowest BCUT2D eigenvalue weighted by Gasteiger charge is -2.46. The Morgan fingerprint density at radius 2 is 1.67 bits per heavy atom. The van der Waals surface area contributed by atoms with Crippen LogP contribution in [0.2, 0.25) is 0 Å². The zero-order chi connectivity index (χ0) is 28.8. The summed E-state index contributed by atoms with van der Waals surface area (Å²) < 4.78 is 45.1. The summed E-state index contributed by atoms with van der Waals surface area (Å²) >= 11 is 0. The third-order valence-electron chi connectivity index (χ3n) is 8.14. The van der Waals surface area contributed by atoms with E-state index in [9.17, 15) is 27.9 Å². The van der Waals surface area contributed by atoms with E-state index in [0.29, 0.717) is 29.9 Å². The summed E-state index contributed by atoms with van der Waals surface area (Å²) in [5.74, 6) is -0.612. The number of aliphatic hydroxyl groups is 1. The van der Waals surface area contributed by atoms with Crippen LogP contribution in [0, 0.1) is 11.3 Å². The number of carbonyl (C=O) groups excluding carboxylic acids is 2. The number of β-amino-alcohol motifs (C(OH)–C–C–N with tert-alkyl or cyclic N) is 1. The van der Waals surface area contributed by atoms with Gasteiger partial charge in [0.15, 0.2) is 0 Å². The van der Waals surface area contributed by atoms with Crippen LogP contribution in [0.15, 0.2) is 53.5 Å². The molecule has 1 fully saturated rings. The molecule has 1 saturated carbocycles. The van der Waals surface area contributed by atoms with Crippen LogP contribution in [-0.2, 0) is 21.3 Å². The minimum atomic E-state index is -4.56. The van der Waals surface area contributed by atoms with Crippen molar-refractivity contribution >= 4 is 17.6 Å². The Morgan fingerprint density at radius 1 is 1.05 bits per heavy atom. The lowest BCUT2D eigenvalue weighted by Crippen LogP contribution is -2.54. The van der Waals surface area contributed by atoms with E-state index in [2.05, 4.69) is 20.8 Å². The molecule has 0 aromatic heterocycles. The maximum Gasteiger partial charge on any atom is 0.416 e. The van der Waals surface area contributed by atoms with Crippen molar-refractivity contribution < 1.29 is 32.6 Å². The number of benzene rings is 2. The Bertz CT molecular complexity index is 1270. The first kappa shape index (κ1) is 28.8. The number of methoxy groups -OCH3 is 1. The number of aliphatic imine (C=N–C) groups is 1. The van der Waals surface area contributed by atoms with Crippen molar-refractivity contribution in [2.24, 2.45) is 16.3 Å². The van der Waals surface area contributed by atoms with Gasteiger partial charge in [0.05, 0.1) is 24.8 Å². The van der Waals surface area contributed by atoms with Crippen molar-refractivity contribution in [3.8, 4) is 0 Å². The van der Waals surface area contributed by atoms with Gasteiger partial charge < -0.3 is 14.7 Å². The Morgan fingerprint density at radius 3 is 2.21 bits per heavy atom. The second kappa shape index (κ2) is 10.1. The Labute approximate surface area is 226 Å². The van der Waals surface area contributed by atoms with E-state index in [1.807, 2.05) is 0 Å². The fourth-order valence-electron chi connectivity index (χ4n) is 5.69. The molecule has 1 aliphatic heterocycles. The van der Waals surface area contributed by atoms with Crippen LogP contribution < -0.4 is 0 Å². The predicted octanol–water partition coefficient (Wildman–Crippen LogP) is 5.96. The Hall–Kier alpha value is -3.20. The van der Waals surface area contributed by atoms with E-state index in [1.165, 1.54) is 36.3 Å². The summed E-state index contributed by atoms with van der Waals surface area (Å²) in [5, 5.41) is 11.5. The highest BCUT2D eigenvalue weighted by Gasteiger charge is 2.52. The molecule has 1 unspecified atom stereocenters. The van der Waals surface area contributed by atoms with Gasteiger partial charge in [-0.25, -0.2) is 4.79 Å². The molecule has 2 aliphatic rings. The number of amides is 1. The molecule has 9 heteroatoms. The molecule has 6 nitrogen and oxygen atoms in total. The molecule has 0 bridgehead atoms. The van der Waals surface area contributed by atoms with E-state index >= 15 is 0 Å². The highest BCUT2D eigenvalue weighted by molar-refractivity contribution is 6.46. The third kappa shape index (κ3) is 5.73. The molecular formula is C30H35F3N2O4. The van der Waals surface area contributed by atoms with E-state index < -0.39 is 34.9 Å². The topological polar surface area (TPSA) is 79.2 Å². The monoisotopic (exact) mass is 544 g/mol. The van der Waals surface area contributed by atoms with Gasteiger partial charge in [-0.15, -0.1) is 0 Å². The van der Waals surface area contributed by atoms with E-state index in [-0.39, 0.29) is 23.2 Å². The fourth-order valence-corrected chi connectivity index (χ4v) is 5.69. The maximum atomic E-state index is 13.9. The molecule has 2 aromatic carbocycles. The molecule has 1 amide bonds. The van der Waals surface area contributed by atoms with Gasteiger partial charge in [-0.2, -0.15) is 13.2 Å². The predicted molar refractivity (Wildman–Crippen MR) is 141 cm³/mol. The first-order valence-corrected chi connectivity index (χ1v) is 13.1. The summed E-state index contributed by atoms with van der Waals surface area (Å²) in [6.45, 7) is 7.98. The van der Waals surface area contributed by atoms with Crippen molar-refractivity contribution in [2.75, 3.05) is 13.7 Å². The average Bonchev–Trinajstić information content (AvgIpc) is 3.13. The molecule has 1 N–H and O–H groups in total. The zero-order valence-electron chi connectivity index (χ0n) is 22.9. The van der Waals surface area contributed by atoms with Gasteiger partial charge in [0.2, 0.25) is 0 Å². The largest absolute Gasteiger partial charge is 0.465 e. The van der Waals surface area contributed by atoms with E-state index in [4.69, 9.17) is 9.73 Å². The number of ether oxygens (including phenoxy) is 1. The highest BCUT2D eigenvalue weighted by Crippen LogP contribution is 2.47. The number of rotatable bonds is 5. The number of alkyl halides is 3. The molecule has 0 radical (unpaired) electrons. The number of halogens is 3. The van der Waals surface area contributed by atoms with Crippen LogP contribution in [0.4, 0.5) is 13.2 Å². The second-order valence-corrected chi connectivity index (χ2v) is 11.9. The van der Waals surface area contributed by atoms with Gasteiger partial charge in [0, 0.05) is 5.56 Å². The minimum Gasteiger partial charge on any atom is -0.465 e. The average molecular weight is 545 g/mol. The number of carbonyl (C=O) groups is 2. The molecule has 1 atom stereocenters. The summed E-state index contributed by atoms with van der Waals surface area (Å²) in [6.07, 6.45) is -1.88. The highest BCUT2D eigenvalue weighted by atomic mass is 19.4. The van der Waals surface area contributed by atoms with Gasteiger partial charge in [-0.1, -0.05) is 45.0 Å². The molecule has 39 heavy (non-hydrogen) atoms. The van der Waals surface area contributed by atoms with E-state index in [0.717, 1.165) is 25.0 Å². The number of hydrogen-bond acceptors (Lipinski definition) is 5. The first-order chi connectivity index (χ1) is 18.1. The number of hydrogen-bond donors (Lipinski definition) is 1. The van der Waals surface area contributed by atoms with Gasteiger partial charge in [-0.05, 0) is 73.8 Å². The maximum absolute atomic E-state index is 13.9. The van der Waals surface area contributed by atoms with Gasteiger partial charge in [-0.3, -0.25) is 9.79 Å². The molecule has 1 spiro atoms. The summed E-state index contributed by atoms with van der Waals surface area (Å²) in [5.41, 5.74) is -2.37. The number of nitrogens with zero attached hydrogens (tertiary/aromatic N) is 2. The van der Waals surface area contributed by atoms with Crippen molar-refractivity contribution in [1.29, 1.82) is 0 Å². The molecule has 1 aliphatic carbocycles.